The van der Waals surface area contributed by atoms with Gasteiger partial charge >= 0.3 is 0 Å². The lowest BCUT2D eigenvalue weighted by atomic mass is 9.91. The van der Waals surface area contributed by atoms with E-state index < -0.39 is 22.9 Å². The smallest absolute Gasteiger partial charge is 0.283 e. The average Bonchev–Trinajstić information content (AvgIpc) is 3.21. The normalized spacial score (nSPS) is 12.0. The minimum absolute atomic E-state index is 0.0339. The van der Waals surface area contributed by atoms with E-state index in [1.54, 1.807) is 0 Å². The number of carbonyl (C=O) groups is 2. The number of ether oxygens (including phenoxy) is 2. The van der Waals surface area contributed by atoms with Gasteiger partial charge in [-0.2, -0.15) is 0 Å². The number of aromatic hydroxyl groups is 2. The molecule has 8 bridgehead atoms. The first kappa shape index (κ1) is 38.8. The summed E-state index contributed by atoms with van der Waals surface area (Å²) in [6.45, 7) is 0.158. The van der Waals surface area contributed by atoms with E-state index in [0.29, 0.717) is 33.8 Å². The Bertz CT molecular complexity index is 2370. The number of amides is 2. The molecule has 0 fully saturated rings. The van der Waals surface area contributed by atoms with Crippen LogP contribution in [0.5, 0.6) is 23.0 Å². The Morgan fingerprint density at radius 3 is 1.10 bits per heavy atom. The standard InChI is InChI=1S/C44H40N4O10/c49-37-17-5-15-35(47(37)55)43(53)45-19-21-57-41-31-11-3-13-33(41)25-29-9-2-10-30(40(29)52)26-34-14-4-12-32(24-28-8-1-7-27(23-31)39(28)51)42(34)58-22-20-46-44(54)36-16-6-18-38(50)48(36)56/h1-18,51-52,55-56H,19-26H2,(H,45,53)(H,46,54). The zero-order chi connectivity index (χ0) is 40.8. The van der Waals surface area contributed by atoms with E-state index in [2.05, 4.69) is 10.6 Å². The summed E-state index contributed by atoms with van der Waals surface area (Å²) in [5, 5.41) is 48.7. The Hall–Kier alpha value is -7.48. The topological polar surface area (TPSA) is 202 Å². The molecule has 0 radical (unpaired) electrons. The number of phenolic OH excluding ortho intramolecular Hbond substituents is 2. The van der Waals surface area contributed by atoms with Gasteiger partial charge in [-0.25, -0.2) is 0 Å². The Balaban J connectivity index is 1.17. The van der Waals surface area contributed by atoms with Crippen LogP contribution in [-0.2, 0) is 25.7 Å². The van der Waals surface area contributed by atoms with Crippen LogP contribution in [0, 0.1) is 0 Å². The fourth-order valence-corrected chi connectivity index (χ4v) is 7.01. The van der Waals surface area contributed by atoms with Gasteiger partial charge in [-0.1, -0.05) is 84.9 Å². The van der Waals surface area contributed by atoms with Crippen molar-refractivity contribution in [3.05, 3.63) is 186 Å². The molecule has 14 nitrogen and oxygen atoms in total. The number of pyridine rings is 2. The highest BCUT2D eigenvalue weighted by atomic mass is 16.5. The second-order valence-electron chi connectivity index (χ2n) is 13.7. The van der Waals surface area contributed by atoms with E-state index >= 15 is 0 Å². The molecule has 0 atom stereocenters. The van der Waals surface area contributed by atoms with Crippen molar-refractivity contribution >= 4 is 11.8 Å². The molecule has 0 unspecified atom stereocenters. The Morgan fingerprint density at radius 2 is 0.776 bits per heavy atom. The highest BCUT2D eigenvalue weighted by Gasteiger charge is 2.21. The molecule has 0 saturated carbocycles. The van der Waals surface area contributed by atoms with Crippen LogP contribution in [0.1, 0.15) is 65.5 Å². The van der Waals surface area contributed by atoms with Crippen molar-refractivity contribution in [2.24, 2.45) is 0 Å². The van der Waals surface area contributed by atoms with Gasteiger partial charge in [0, 0.05) is 37.8 Å². The first-order valence-corrected chi connectivity index (χ1v) is 18.5. The summed E-state index contributed by atoms with van der Waals surface area (Å²) < 4.78 is 13.3. The second-order valence-corrected chi connectivity index (χ2v) is 13.7. The highest BCUT2D eigenvalue weighted by molar-refractivity contribution is 5.92. The summed E-state index contributed by atoms with van der Waals surface area (Å²) in [4.78, 5) is 49.1. The highest BCUT2D eigenvalue weighted by Crippen LogP contribution is 2.38. The molecular weight excluding hydrogens is 745 g/mol. The van der Waals surface area contributed by atoms with Crippen molar-refractivity contribution in [1.82, 2.24) is 20.1 Å². The molecule has 2 amide bonds. The van der Waals surface area contributed by atoms with E-state index in [-0.39, 0.29) is 84.3 Å². The quantitative estimate of drug-likeness (QED) is 0.0863. The molecule has 296 valence electrons. The van der Waals surface area contributed by atoms with Gasteiger partial charge in [-0.15, -0.1) is 9.46 Å². The Kier molecular flexibility index (Phi) is 11.4. The fraction of sp³-hybridized carbons (Fsp3) is 0.182. The lowest BCUT2D eigenvalue weighted by Gasteiger charge is -2.20. The number of aromatic nitrogens is 2. The number of benzene rings is 4. The van der Waals surface area contributed by atoms with Crippen molar-refractivity contribution in [3.8, 4) is 23.0 Å². The minimum atomic E-state index is -0.735. The molecule has 6 N–H and O–H groups in total. The molecule has 58 heavy (non-hydrogen) atoms. The second kappa shape index (κ2) is 17.1. The monoisotopic (exact) mass is 784 g/mol. The van der Waals surface area contributed by atoms with Gasteiger partial charge in [0.2, 0.25) is 0 Å². The lowest BCUT2D eigenvalue weighted by molar-refractivity contribution is 0.0876. The largest absolute Gasteiger partial charge is 0.507 e. The van der Waals surface area contributed by atoms with E-state index in [0.717, 1.165) is 34.4 Å². The van der Waals surface area contributed by atoms with E-state index in [1.807, 2.05) is 72.8 Å². The van der Waals surface area contributed by atoms with Crippen molar-refractivity contribution in [2.75, 3.05) is 26.3 Å². The number of hydrogen-bond donors (Lipinski definition) is 6. The molecule has 2 heterocycles. The van der Waals surface area contributed by atoms with Crippen molar-refractivity contribution in [2.45, 2.75) is 25.7 Å². The zero-order valence-electron chi connectivity index (χ0n) is 31.2. The maximum Gasteiger partial charge on any atom is 0.283 e. The van der Waals surface area contributed by atoms with Crippen LogP contribution in [-0.4, -0.2) is 68.2 Å². The molecular formula is C44H40N4O10. The van der Waals surface area contributed by atoms with Gasteiger partial charge in [0.15, 0.2) is 0 Å². The van der Waals surface area contributed by atoms with Crippen LogP contribution in [0.25, 0.3) is 0 Å². The molecule has 7 rings (SSSR count). The number of nitrogens with one attached hydrogen (secondary N) is 2. The number of hydrogen-bond acceptors (Lipinski definition) is 10. The number of para-hydroxylation sites is 4. The third-order valence-electron chi connectivity index (χ3n) is 9.88. The van der Waals surface area contributed by atoms with E-state index in [1.165, 1.54) is 24.3 Å². The summed E-state index contributed by atoms with van der Waals surface area (Å²) in [7, 11) is 0. The number of carbonyl (C=O) groups excluding carboxylic acids is 2. The van der Waals surface area contributed by atoms with Crippen LogP contribution < -0.4 is 31.2 Å². The minimum Gasteiger partial charge on any atom is -0.507 e. The molecule has 0 spiro atoms. The molecule has 0 saturated heterocycles. The molecule has 2 aromatic heterocycles. The summed E-state index contributed by atoms with van der Waals surface area (Å²) in [6.07, 6.45) is 1.14. The molecule has 6 aromatic rings. The van der Waals surface area contributed by atoms with Gasteiger partial charge in [-0.05, 0) is 56.6 Å². The van der Waals surface area contributed by atoms with Gasteiger partial charge < -0.3 is 40.7 Å². The third kappa shape index (κ3) is 8.35. The van der Waals surface area contributed by atoms with E-state index in [4.69, 9.17) is 9.47 Å². The molecule has 0 aliphatic heterocycles. The number of fused-ring (bicyclic) bond motifs is 8. The predicted octanol–water partition coefficient (Wildman–Crippen LogP) is 4.19. The van der Waals surface area contributed by atoms with Crippen LogP contribution in [0.4, 0.5) is 0 Å². The van der Waals surface area contributed by atoms with Gasteiger partial charge in [0.25, 0.3) is 22.9 Å². The van der Waals surface area contributed by atoms with Crippen molar-refractivity contribution in [1.29, 1.82) is 0 Å². The first-order valence-electron chi connectivity index (χ1n) is 18.5. The summed E-state index contributed by atoms with van der Waals surface area (Å²) in [5.41, 5.74) is 3.68. The first-order chi connectivity index (χ1) is 28.1. The molecule has 14 heteroatoms. The molecule has 1 aliphatic carbocycles. The third-order valence-corrected chi connectivity index (χ3v) is 9.88. The van der Waals surface area contributed by atoms with Crippen LogP contribution >= 0.6 is 0 Å². The van der Waals surface area contributed by atoms with Gasteiger partial charge in [-0.3, -0.25) is 19.2 Å². The van der Waals surface area contributed by atoms with Crippen LogP contribution in [0.15, 0.2) is 119 Å². The fourth-order valence-electron chi connectivity index (χ4n) is 7.01. The zero-order valence-corrected chi connectivity index (χ0v) is 31.2. The lowest BCUT2D eigenvalue weighted by Crippen LogP contribution is -2.33. The maximum absolute atomic E-state index is 12.7. The van der Waals surface area contributed by atoms with Crippen molar-refractivity contribution in [3.63, 3.8) is 0 Å². The van der Waals surface area contributed by atoms with Gasteiger partial charge in [0.05, 0.1) is 13.1 Å². The number of phenols is 2. The summed E-state index contributed by atoms with van der Waals surface area (Å²) in [6, 6.07) is 30.1. The Morgan fingerprint density at radius 1 is 0.483 bits per heavy atom. The average molecular weight is 785 g/mol. The maximum atomic E-state index is 12.7. The SMILES string of the molecule is O=C(NCCOc1c2cccc1Cc1cccc(c1O)Cc1cccc(c1OCCNC(=O)c1cccc(=O)n1O)Cc1cccc(c1O)C2)c1cccc(=O)n1O. The van der Waals surface area contributed by atoms with E-state index in [9.17, 15) is 39.8 Å². The van der Waals surface area contributed by atoms with Crippen molar-refractivity contribution < 1.29 is 39.7 Å². The predicted molar refractivity (Wildman–Crippen MR) is 212 cm³/mol. The summed E-state index contributed by atoms with van der Waals surface area (Å²) in [5.74, 6) is -0.0631. The number of rotatable bonds is 10. The Labute approximate surface area is 331 Å². The van der Waals surface area contributed by atoms with Gasteiger partial charge in [0.1, 0.15) is 47.6 Å². The van der Waals surface area contributed by atoms with Crippen LogP contribution in [0.3, 0.4) is 0 Å². The summed E-state index contributed by atoms with van der Waals surface area (Å²) >= 11 is 0. The number of nitrogens with zero attached hydrogens (tertiary/aromatic N) is 2. The molecule has 4 aromatic carbocycles. The molecule has 1 aliphatic rings. The van der Waals surface area contributed by atoms with Crippen LogP contribution in [0.2, 0.25) is 0 Å².